The Balaban J connectivity index is 1.18. The number of nitrogens with zero attached hydrogens (tertiary/aromatic N) is 2. The van der Waals surface area contributed by atoms with Gasteiger partial charge < -0.3 is 15.0 Å². The van der Waals surface area contributed by atoms with Crippen LogP contribution >= 0.6 is 0 Å². The van der Waals surface area contributed by atoms with Gasteiger partial charge in [0.1, 0.15) is 5.75 Å². The van der Waals surface area contributed by atoms with E-state index in [0.29, 0.717) is 18.0 Å². The van der Waals surface area contributed by atoms with Gasteiger partial charge in [-0.25, -0.2) is 4.79 Å². The van der Waals surface area contributed by atoms with E-state index < -0.39 is 0 Å². The molecule has 190 valence electrons. The number of likely N-dealkylation sites (tertiary alicyclic amines) is 2. The van der Waals surface area contributed by atoms with Crippen LogP contribution in [0.15, 0.2) is 60.7 Å². The molecule has 2 heterocycles. The minimum Gasteiger partial charge on any atom is -0.497 e. The number of amides is 2. The molecule has 5 rings (SSSR count). The van der Waals surface area contributed by atoms with E-state index in [1.807, 2.05) is 23.1 Å². The van der Waals surface area contributed by atoms with Crippen molar-refractivity contribution in [1.29, 1.82) is 0 Å². The molecule has 0 radical (unpaired) electrons. The Hall–Kier alpha value is -3.05. The summed E-state index contributed by atoms with van der Waals surface area (Å²) in [5.41, 5.74) is 3.55. The number of rotatable bonds is 5. The van der Waals surface area contributed by atoms with Crippen LogP contribution < -0.4 is 10.1 Å². The third-order valence-corrected chi connectivity index (χ3v) is 8.27. The molecule has 1 unspecified atom stereocenters. The molecule has 2 aliphatic rings. The summed E-state index contributed by atoms with van der Waals surface area (Å²) in [5.74, 6) is 1.37. The molecule has 3 aromatic carbocycles. The van der Waals surface area contributed by atoms with Crippen LogP contribution in [0.5, 0.6) is 5.75 Å². The summed E-state index contributed by atoms with van der Waals surface area (Å²) in [7, 11) is 1.69. The number of fused-ring (bicyclic) bond motifs is 1. The number of nitrogens with one attached hydrogen (secondary N) is 1. The summed E-state index contributed by atoms with van der Waals surface area (Å²) in [6, 6.07) is 22.6. The number of piperidine rings is 2. The lowest BCUT2D eigenvalue weighted by Crippen LogP contribution is -2.42. The maximum atomic E-state index is 13.0. The zero-order valence-corrected chi connectivity index (χ0v) is 21.9. The van der Waals surface area contributed by atoms with Crippen LogP contribution in [0.2, 0.25) is 0 Å². The van der Waals surface area contributed by atoms with E-state index in [1.165, 1.54) is 35.8 Å². The van der Waals surface area contributed by atoms with Crippen LogP contribution in [-0.4, -0.2) is 48.1 Å². The first-order chi connectivity index (χ1) is 17.5. The van der Waals surface area contributed by atoms with Crippen molar-refractivity contribution in [2.45, 2.75) is 70.5 Å². The van der Waals surface area contributed by atoms with Gasteiger partial charge in [-0.2, -0.15) is 0 Å². The SMILES string of the molecule is COc1ccc(C2CCN(C(=O)Nc3ccc4cc(CN5C(C)CCC[C@@H]5C)ccc4c3)CC2)cc1. The van der Waals surface area contributed by atoms with Gasteiger partial charge in [-0.05, 0) is 97.7 Å². The van der Waals surface area contributed by atoms with Gasteiger partial charge in [0.15, 0.2) is 0 Å². The summed E-state index contributed by atoms with van der Waals surface area (Å²) in [5, 5.41) is 5.51. The van der Waals surface area contributed by atoms with Crippen LogP contribution in [0.4, 0.5) is 10.5 Å². The Morgan fingerprint density at radius 3 is 2.25 bits per heavy atom. The van der Waals surface area contributed by atoms with Crippen molar-refractivity contribution in [3.05, 3.63) is 71.8 Å². The topological polar surface area (TPSA) is 44.8 Å². The molecule has 2 aliphatic heterocycles. The van der Waals surface area contributed by atoms with Gasteiger partial charge in [-0.15, -0.1) is 0 Å². The second-order valence-corrected chi connectivity index (χ2v) is 10.7. The van der Waals surface area contributed by atoms with E-state index in [-0.39, 0.29) is 6.03 Å². The molecule has 1 N–H and O–H groups in total. The second kappa shape index (κ2) is 10.9. The molecule has 36 heavy (non-hydrogen) atoms. The fourth-order valence-electron chi connectivity index (χ4n) is 5.96. The number of urea groups is 1. The minimum atomic E-state index is -0.00720. The van der Waals surface area contributed by atoms with E-state index in [4.69, 9.17) is 4.74 Å². The first-order valence-corrected chi connectivity index (χ1v) is 13.5. The molecule has 5 nitrogen and oxygen atoms in total. The number of methoxy groups -OCH3 is 1. The molecule has 2 atom stereocenters. The zero-order chi connectivity index (χ0) is 25.1. The summed E-state index contributed by atoms with van der Waals surface area (Å²) < 4.78 is 5.27. The van der Waals surface area contributed by atoms with Crippen molar-refractivity contribution in [3.63, 3.8) is 0 Å². The van der Waals surface area contributed by atoms with Gasteiger partial charge >= 0.3 is 6.03 Å². The normalized spacial score (nSPS) is 21.5. The third-order valence-electron chi connectivity index (χ3n) is 8.27. The van der Waals surface area contributed by atoms with Crippen molar-refractivity contribution in [3.8, 4) is 5.75 Å². The number of carbonyl (C=O) groups is 1. The summed E-state index contributed by atoms with van der Waals surface area (Å²) in [6.45, 7) is 7.25. The van der Waals surface area contributed by atoms with Crippen molar-refractivity contribution in [2.75, 3.05) is 25.5 Å². The first-order valence-electron chi connectivity index (χ1n) is 13.5. The molecule has 2 saturated heterocycles. The monoisotopic (exact) mass is 485 g/mol. The molecule has 2 amide bonds. The lowest BCUT2D eigenvalue weighted by molar-refractivity contribution is 0.0953. The second-order valence-electron chi connectivity index (χ2n) is 10.7. The highest BCUT2D eigenvalue weighted by molar-refractivity contribution is 5.93. The average molecular weight is 486 g/mol. The largest absolute Gasteiger partial charge is 0.497 e. The Kier molecular flexibility index (Phi) is 7.47. The molecule has 5 heteroatoms. The molecule has 0 saturated carbocycles. The van der Waals surface area contributed by atoms with Gasteiger partial charge in [-0.3, -0.25) is 4.90 Å². The van der Waals surface area contributed by atoms with E-state index >= 15 is 0 Å². The fourth-order valence-corrected chi connectivity index (χ4v) is 5.96. The van der Waals surface area contributed by atoms with Gasteiger partial charge in [0, 0.05) is 37.4 Å². The van der Waals surface area contributed by atoms with Crippen LogP contribution in [-0.2, 0) is 6.54 Å². The molecule has 0 aliphatic carbocycles. The summed E-state index contributed by atoms with van der Waals surface area (Å²) >= 11 is 0. The lowest BCUT2D eigenvalue weighted by Gasteiger charge is -2.39. The van der Waals surface area contributed by atoms with E-state index in [9.17, 15) is 4.79 Å². The number of anilines is 1. The highest BCUT2D eigenvalue weighted by Gasteiger charge is 2.25. The quantitative estimate of drug-likeness (QED) is 0.422. The van der Waals surface area contributed by atoms with Crippen molar-refractivity contribution >= 4 is 22.5 Å². The minimum absolute atomic E-state index is 0.00720. The molecule has 2 fully saturated rings. The van der Waals surface area contributed by atoms with Crippen molar-refractivity contribution in [1.82, 2.24) is 9.80 Å². The third kappa shape index (κ3) is 5.52. The van der Waals surface area contributed by atoms with Crippen LogP contribution in [0.3, 0.4) is 0 Å². The number of hydrogen-bond donors (Lipinski definition) is 1. The van der Waals surface area contributed by atoms with Gasteiger partial charge in [0.05, 0.1) is 7.11 Å². The standard InChI is InChI=1S/C31H39N3O2/c1-22-5-4-6-23(2)34(22)21-24-7-8-28-20-29(12-9-27(28)19-24)32-31(35)33-17-15-26(16-18-33)25-10-13-30(36-3)14-11-25/h7-14,19-20,22-23,26H,4-6,15-18,21H2,1-3H3,(H,32,35)/t22-,23?/m0/s1. The summed E-state index contributed by atoms with van der Waals surface area (Å²) in [4.78, 5) is 17.5. The van der Waals surface area contributed by atoms with Gasteiger partial charge in [-0.1, -0.05) is 36.8 Å². The Morgan fingerprint density at radius 1 is 0.889 bits per heavy atom. The van der Waals surface area contributed by atoms with E-state index in [2.05, 4.69) is 66.5 Å². The van der Waals surface area contributed by atoms with E-state index in [1.54, 1.807) is 7.11 Å². The van der Waals surface area contributed by atoms with Crippen molar-refractivity contribution < 1.29 is 9.53 Å². The highest BCUT2D eigenvalue weighted by atomic mass is 16.5. The number of benzene rings is 3. The average Bonchev–Trinajstić information content (AvgIpc) is 2.91. The molecule has 0 spiro atoms. The molecule has 3 aromatic rings. The highest BCUT2D eigenvalue weighted by Crippen LogP contribution is 2.30. The predicted molar refractivity (Wildman–Crippen MR) is 148 cm³/mol. The zero-order valence-electron chi connectivity index (χ0n) is 21.9. The molecular formula is C31H39N3O2. The van der Waals surface area contributed by atoms with Crippen LogP contribution in [0, 0.1) is 0 Å². The number of carbonyl (C=O) groups excluding carboxylic acids is 1. The van der Waals surface area contributed by atoms with Gasteiger partial charge in [0.2, 0.25) is 0 Å². The van der Waals surface area contributed by atoms with Crippen LogP contribution in [0.25, 0.3) is 10.8 Å². The fraction of sp³-hybridized carbons (Fsp3) is 0.452. The summed E-state index contributed by atoms with van der Waals surface area (Å²) in [6.07, 6.45) is 5.88. The van der Waals surface area contributed by atoms with Crippen LogP contribution in [0.1, 0.15) is 63.0 Å². The molecule has 0 aromatic heterocycles. The smallest absolute Gasteiger partial charge is 0.321 e. The Labute approximate surface area is 215 Å². The predicted octanol–water partition coefficient (Wildman–Crippen LogP) is 7.02. The van der Waals surface area contributed by atoms with Gasteiger partial charge in [0.25, 0.3) is 0 Å². The Bertz CT molecular complexity index is 1170. The number of hydrogen-bond acceptors (Lipinski definition) is 3. The number of ether oxygens (including phenoxy) is 1. The maximum absolute atomic E-state index is 13.0. The first kappa shape index (κ1) is 24.6. The molecular weight excluding hydrogens is 446 g/mol. The Morgan fingerprint density at radius 2 is 1.56 bits per heavy atom. The molecule has 0 bridgehead atoms. The van der Waals surface area contributed by atoms with Crippen molar-refractivity contribution in [2.24, 2.45) is 0 Å². The maximum Gasteiger partial charge on any atom is 0.321 e. The van der Waals surface area contributed by atoms with E-state index in [0.717, 1.165) is 49.3 Å². The lowest BCUT2D eigenvalue weighted by atomic mass is 9.89.